The zero-order chi connectivity index (χ0) is 22.4. The van der Waals surface area contributed by atoms with E-state index in [1.165, 1.54) is 28.4 Å². The second kappa shape index (κ2) is 9.95. The van der Waals surface area contributed by atoms with E-state index >= 15 is 0 Å². The van der Waals surface area contributed by atoms with Crippen molar-refractivity contribution >= 4 is 27.3 Å². The topological polar surface area (TPSA) is 84.9 Å². The van der Waals surface area contributed by atoms with E-state index in [9.17, 15) is 13.2 Å². The van der Waals surface area contributed by atoms with Gasteiger partial charge in [-0.15, -0.1) is 11.3 Å². The van der Waals surface area contributed by atoms with Gasteiger partial charge in [0.1, 0.15) is 0 Å². The molecule has 0 aliphatic carbocycles. The van der Waals surface area contributed by atoms with Gasteiger partial charge in [0.25, 0.3) is 5.91 Å². The SMILES string of the molecule is COc1ccc(CN(C)C(=O)c2cccc(S(=O)(=O)NCc3cccs3)c2)cc1OC. The summed E-state index contributed by atoms with van der Waals surface area (Å²) in [5.74, 6) is 0.893. The van der Waals surface area contributed by atoms with E-state index in [0.717, 1.165) is 10.4 Å². The van der Waals surface area contributed by atoms with Gasteiger partial charge < -0.3 is 14.4 Å². The normalized spacial score (nSPS) is 11.2. The minimum absolute atomic E-state index is 0.0504. The summed E-state index contributed by atoms with van der Waals surface area (Å²) in [5, 5.41) is 1.89. The summed E-state index contributed by atoms with van der Waals surface area (Å²) in [4.78, 5) is 15.4. The van der Waals surface area contributed by atoms with Crippen molar-refractivity contribution < 1.29 is 22.7 Å². The number of nitrogens with one attached hydrogen (secondary N) is 1. The molecule has 0 aliphatic heterocycles. The maximum Gasteiger partial charge on any atom is 0.253 e. The molecule has 3 rings (SSSR count). The summed E-state index contributed by atoms with van der Waals surface area (Å²) in [6, 6.07) is 15.2. The molecule has 2 aromatic carbocycles. The third-order valence-electron chi connectivity index (χ3n) is 4.62. The fraction of sp³-hybridized carbons (Fsp3) is 0.227. The predicted molar refractivity (Wildman–Crippen MR) is 120 cm³/mol. The number of nitrogens with zero attached hydrogens (tertiary/aromatic N) is 1. The molecule has 0 bridgehead atoms. The summed E-state index contributed by atoms with van der Waals surface area (Å²) in [7, 11) is 1.03. The third-order valence-corrected chi connectivity index (χ3v) is 6.90. The fourth-order valence-corrected chi connectivity index (χ4v) is 4.79. The first-order chi connectivity index (χ1) is 14.8. The van der Waals surface area contributed by atoms with Crippen molar-refractivity contribution in [2.24, 2.45) is 0 Å². The van der Waals surface area contributed by atoms with Crippen molar-refractivity contribution in [1.29, 1.82) is 0 Å². The minimum atomic E-state index is -3.74. The maximum absolute atomic E-state index is 12.9. The highest BCUT2D eigenvalue weighted by Crippen LogP contribution is 2.28. The molecule has 0 spiro atoms. The van der Waals surface area contributed by atoms with Crippen molar-refractivity contribution in [1.82, 2.24) is 9.62 Å². The number of sulfonamides is 1. The number of carbonyl (C=O) groups excluding carboxylic acids is 1. The van der Waals surface area contributed by atoms with Crippen LogP contribution in [0.2, 0.25) is 0 Å². The summed E-state index contributed by atoms with van der Waals surface area (Å²) < 4.78 is 38.4. The summed E-state index contributed by atoms with van der Waals surface area (Å²) in [6.07, 6.45) is 0. The van der Waals surface area contributed by atoms with Crippen molar-refractivity contribution in [3.05, 3.63) is 76.0 Å². The molecule has 1 heterocycles. The zero-order valence-corrected chi connectivity index (χ0v) is 19.1. The van der Waals surface area contributed by atoms with Crippen LogP contribution in [0.1, 0.15) is 20.8 Å². The van der Waals surface area contributed by atoms with E-state index in [1.54, 1.807) is 45.5 Å². The molecule has 1 amide bonds. The van der Waals surface area contributed by atoms with Crippen LogP contribution in [0.5, 0.6) is 11.5 Å². The zero-order valence-electron chi connectivity index (χ0n) is 17.5. The quantitative estimate of drug-likeness (QED) is 0.528. The average molecular weight is 461 g/mol. The number of hydrogen-bond donors (Lipinski definition) is 1. The fourth-order valence-electron chi connectivity index (χ4n) is 3.00. The molecule has 0 aliphatic rings. The van der Waals surface area contributed by atoms with E-state index in [2.05, 4.69) is 4.72 Å². The first kappa shape index (κ1) is 22.8. The number of carbonyl (C=O) groups is 1. The van der Waals surface area contributed by atoms with Crippen molar-refractivity contribution in [2.45, 2.75) is 18.0 Å². The van der Waals surface area contributed by atoms with Gasteiger partial charge in [-0.25, -0.2) is 13.1 Å². The van der Waals surface area contributed by atoms with Crippen LogP contribution < -0.4 is 14.2 Å². The molecule has 9 heteroatoms. The number of hydrogen-bond acceptors (Lipinski definition) is 6. The van der Waals surface area contributed by atoms with Gasteiger partial charge in [0.15, 0.2) is 11.5 Å². The average Bonchev–Trinajstić information content (AvgIpc) is 3.31. The molecule has 0 atom stereocenters. The van der Waals surface area contributed by atoms with Crippen LogP contribution in [-0.4, -0.2) is 40.5 Å². The molecule has 0 saturated carbocycles. The predicted octanol–water partition coefficient (Wildman–Crippen LogP) is 3.52. The molecule has 0 radical (unpaired) electrons. The lowest BCUT2D eigenvalue weighted by Gasteiger charge is -2.19. The van der Waals surface area contributed by atoms with Crippen LogP contribution >= 0.6 is 11.3 Å². The summed E-state index contributed by atoms with van der Waals surface area (Å²) in [6.45, 7) is 0.532. The third kappa shape index (κ3) is 5.63. The van der Waals surface area contributed by atoms with E-state index in [4.69, 9.17) is 9.47 Å². The van der Waals surface area contributed by atoms with Gasteiger partial charge in [-0.05, 0) is 47.3 Å². The lowest BCUT2D eigenvalue weighted by Crippen LogP contribution is -2.27. The van der Waals surface area contributed by atoms with Crippen LogP contribution in [0.3, 0.4) is 0 Å². The Kier molecular flexibility index (Phi) is 7.32. The largest absolute Gasteiger partial charge is 0.493 e. The van der Waals surface area contributed by atoms with Crippen LogP contribution in [-0.2, 0) is 23.1 Å². The van der Waals surface area contributed by atoms with Gasteiger partial charge in [0.2, 0.25) is 10.0 Å². The highest BCUT2D eigenvalue weighted by atomic mass is 32.2. The van der Waals surface area contributed by atoms with E-state index < -0.39 is 10.0 Å². The molecule has 1 N–H and O–H groups in total. The molecule has 0 saturated heterocycles. The molecular weight excluding hydrogens is 436 g/mol. The molecule has 0 fully saturated rings. The number of thiophene rings is 1. The lowest BCUT2D eigenvalue weighted by atomic mass is 10.1. The van der Waals surface area contributed by atoms with Gasteiger partial charge in [0, 0.05) is 30.6 Å². The van der Waals surface area contributed by atoms with Gasteiger partial charge in [-0.3, -0.25) is 4.79 Å². The minimum Gasteiger partial charge on any atom is -0.493 e. The number of rotatable bonds is 9. The summed E-state index contributed by atoms with van der Waals surface area (Å²) >= 11 is 1.47. The maximum atomic E-state index is 12.9. The highest BCUT2D eigenvalue weighted by Gasteiger charge is 2.19. The Labute approximate surface area is 186 Å². The molecule has 1 aromatic heterocycles. The molecule has 3 aromatic rings. The number of ether oxygens (including phenoxy) is 2. The number of methoxy groups -OCH3 is 2. The Morgan fingerprint density at radius 1 is 1.03 bits per heavy atom. The molecule has 7 nitrogen and oxygen atoms in total. The van der Waals surface area contributed by atoms with Gasteiger partial charge in [0.05, 0.1) is 19.1 Å². The smallest absolute Gasteiger partial charge is 0.253 e. The van der Waals surface area contributed by atoms with Crippen LogP contribution in [0.15, 0.2) is 64.9 Å². The molecule has 0 unspecified atom stereocenters. The van der Waals surface area contributed by atoms with Crippen molar-refractivity contribution in [2.75, 3.05) is 21.3 Å². The Bertz CT molecular complexity index is 1140. The Hall–Kier alpha value is -2.88. The monoisotopic (exact) mass is 460 g/mol. The first-order valence-corrected chi connectivity index (χ1v) is 11.8. The number of benzene rings is 2. The number of amides is 1. The van der Waals surface area contributed by atoms with Crippen molar-refractivity contribution in [3.63, 3.8) is 0 Å². The Balaban J connectivity index is 1.73. The van der Waals surface area contributed by atoms with E-state index in [-0.39, 0.29) is 17.3 Å². The Morgan fingerprint density at radius 2 is 1.81 bits per heavy atom. The molecular formula is C22H24N2O5S2. The molecule has 164 valence electrons. The van der Waals surface area contributed by atoms with Gasteiger partial charge >= 0.3 is 0 Å². The highest BCUT2D eigenvalue weighted by molar-refractivity contribution is 7.89. The van der Waals surface area contributed by atoms with E-state index in [0.29, 0.717) is 23.6 Å². The first-order valence-electron chi connectivity index (χ1n) is 9.42. The van der Waals surface area contributed by atoms with Crippen LogP contribution in [0.4, 0.5) is 0 Å². The van der Waals surface area contributed by atoms with Crippen LogP contribution in [0, 0.1) is 0 Å². The van der Waals surface area contributed by atoms with Gasteiger partial charge in [-0.2, -0.15) is 0 Å². The Morgan fingerprint density at radius 3 is 2.48 bits per heavy atom. The van der Waals surface area contributed by atoms with E-state index in [1.807, 2.05) is 23.6 Å². The van der Waals surface area contributed by atoms with Crippen LogP contribution in [0.25, 0.3) is 0 Å². The van der Waals surface area contributed by atoms with Gasteiger partial charge in [-0.1, -0.05) is 18.2 Å². The summed E-state index contributed by atoms with van der Waals surface area (Å²) in [5.41, 5.74) is 1.15. The second-order valence-electron chi connectivity index (χ2n) is 6.78. The standard InChI is InChI=1S/C22H24N2O5S2/c1-24(15-16-9-10-20(28-2)21(12-16)29-3)22(25)17-6-4-8-19(13-17)31(26,27)23-14-18-7-5-11-30-18/h4-13,23H,14-15H2,1-3H3. The second-order valence-corrected chi connectivity index (χ2v) is 9.58. The van der Waals surface area contributed by atoms with Crippen molar-refractivity contribution in [3.8, 4) is 11.5 Å². The lowest BCUT2D eigenvalue weighted by molar-refractivity contribution is 0.0784. The molecule has 31 heavy (non-hydrogen) atoms.